The minimum Gasteiger partial charge on any atom is -0.381 e. The van der Waals surface area contributed by atoms with Crippen molar-refractivity contribution in [3.8, 4) is 0 Å². The summed E-state index contributed by atoms with van der Waals surface area (Å²) in [6, 6.07) is 10.6. The summed E-state index contributed by atoms with van der Waals surface area (Å²) in [7, 11) is 0. The number of fused-ring (bicyclic) bond motifs is 1. The number of anilines is 1. The topological polar surface area (TPSA) is 84.8 Å². The van der Waals surface area contributed by atoms with Crippen LogP contribution in [0.2, 0.25) is 0 Å². The summed E-state index contributed by atoms with van der Waals surface area (Å²) < 4.78 is 7.37. The van der Waals surface area contributed by atoms with Crippen LogP contribution in [0.25, 0.3) is 0 Å². The summed E-state index contributed by atoms with van der Waals surface area (Å²) in [5, 5.41) is 15.1. The third-order valence-corrected chi connectivity index (χ3v) is 7.60. The smallest absolute Gasteiger partial charge is 0.276 e. The fraction of sp³-hybridized carbons (Fsp3) is 0.519. The average Bonchev–Trinajstić information content (AvgIpc) is 3.39. The van der Waals surface area contributed by atoms with Gasteiger partial charge in [0.15, 0.2) is 5.69 Å². The summed E-state index contributed by atoms with van der Waals surface area (Å²) in [4.78, 5) is 13.0. The number of nitrogens with one attached hydrogen (secondary N) is 2. The number of rotatable bonds is 8. The van der Waals surface area contributed by atoms with Crippen molar-refractivity contribution in [3.63, 3.8) is 0 Å². The SMILES string of the molecule is CC(CCC(c1ccccc1)n1cc(NC(=O)c2n[nH]c3c2CCC(C)(C)C3)cn1)C1COC1. The molecule has 34 heavy (non-hydrogen) atoms. The number of ether oxygens (including phenoxy) is 1. The molecule has 2 atom stereocenters. The normalized spacial score (nSPS) is 19.1. The van der Waals surface area contributed by atoms with Crippen molar-refractivity contribution >= 4 is 11.6 Å². The third-order valence-electron chi connectivity index (χ3n) is 7.60. The van der Waals surface area contributed by atoms with Gasteiger partial charge in [0, 0.05) is 23.4 Å². The van der Waals surface area contributed by atoms with Crippen LogP contribution in [0.15, 0.2) is 42.7 Å². The van der Waals surface area contributed by atoms with Crippen molar-refractivity contribution in [2.24, 2.45) is 17.3 Å². The molecule has 0 spiro atoms. The first-order valence-corrected chi connectivity index (χ1v) is 12.4. The molecule has 1 saturated heterocycles. The van der Waals surface area contributed by atoms with E-state index >= 15 is 0 Å². The third kappa shape index (κ3) is 4.80. The summed E-state index contributed by atoms with van der Waals surface area (Å²) in [6.45, 7) is 8.59. The lowest BCUT2D eigenvalue weighted by Gasteiger charge is -2.32. The van der Waals surface area contributed by atoms with Crippen LogP contribution in [0.5, 0.6) is 0 Å². The first-order chi connectivity index (χ1) is 16.4. The summed E-state index contributed by atoms with van der Waals surface area (Å²) >= 11 is 0. The van der Waals surface area contributed by atoms with Crippen molar-refractivity contribution in [3.05, 3.63) is 65.2 Å². The average molecular weight is 462 g/mol. The highest BCUT2D eigenvalue weighted by molar-refractivity contribution is 6.03. The zero-order chi connectivity index (χ0) is 23.7. The van der Waals surface area contributed by atoms with E-state index in [2.05, 4.69) is 65.6 Å². The van der Waals surface area contributed by atoms with E-state index in [0.717, 1.165) is 56.6 Å². The van der Waals surface area contributed by atoms with Crippen LogP contribution in [0, 0.1) is 17.3 Å². The molecule has 2 aliphatic rings. The standard InChI is InChI=1S/C27H35N5O2/c1-18(20-16-34-17-20)9-10-24(19-7-5-4-6-8-19)32-15-21(14-28-32)29-26(33)25-22-11-12-27(2,3)13-23(22)30-31-25/h4-8,14-15,18,20,24H,9-13,16-17H2,1-3H3,(H,29,33)(H,30,31). The van der Waals surface area contributed by atoms with Crippen LogP contribution in [0.3, 0.4) is 0 Å². The number of amides is 1. The Kier molecular flexibility index (Phi) is 6.30. The Morgan fingerprint density at radius 1 is 1.26 bits per heavy atom. The van der Waals surface area contributed by atoms with E-state index in [1.165, 1.54) is 5.56 Å². The molecule has 180 valence electrons. The number of hydrogen-bond acceptors (Lipinski definition) is 4. The van der Waals surface area contributed by atoms with Crippen LogP contribution in [-0.4, -0.2) is 39.1 Å². The van der Waals surface area contributed by atoms with Gasteiger partial charge >= 0.3 is 0 Å². The number of carbonyl (C=O) groups is 1. The van der Waals surface area contributed by atoms with Crippen LogP contribution < -0.4 is 5.32 Å². The van der Waals surface area contributed by atoms with E-state index in [1.807, 2.05) is 16.9 Å². The molecule has 2 aromatic heterocycles. The molecule has 1 aliphatic heterocycles. The van der Waals surface area contributed by atoms with Crippen molar-refractivity contribution in [1.29, 1.82) is 0 Å². The molecule has 1 aliphatic carbocycles. The van der Waals surface area contributed by atoms with Crippen LogP contribution in [-0.2, 0) is 17.6 Å². The maximum atomic E-state index is 13.0. The van der Waals surface area contributed by atoms with Gasteiger partial charge in [0.1, 0.15) is 0 Å². The number of benzene rings is 1. The number of nitrogens with zero attached hydrogens (tertiary/aromatic N) is 3. The molecule has 2 N–H and O–H groups in total. The maximum Gasteiger partial charge on any atom is 0.276 e. The van der Waals surface area contributed by atoms with Gasteiger partial charge in [0.2, 0.25) is 0 Å². The number of H-pyrrole nitrogens is 1. The van der Waals surface area contributed by atoms with Gasteiger partial charge < -0.3 is 10.1 Å². The molecule has 0 bridgehead atoms. The fourth-order valence-electron chi connectivity index (χ4n) is 5.16. The maximum absolute atomic E-state index is 13.0. The van der Waals surface area contributed by atoms with E-state index in [4.69, 9.17) is 4.74 Å². The molecule has 7 nitrogen and oxygen atoms in total. The minimum absolute atomic E-state index is 0.121. The van der Waals surface area contributed by atoms with Crippen molar-refractivity contribution in [2.45, 2.75) is 58.9 Å². The summed E-state index contributed by atoms with van der Waals surface area (Å²) in [6.07, 6.45) is 8.62. The van der Waals surface area contributed by atoms with Gasteiger partial charge in [-0.3, -0.25) is 14.6 Å². The van der Waals surface area contributed by atoms with E-state index in [0.29, 0.717) is 23.2 Å². The zero-order valence-corrected chi connectivity index (χ0v) is 20.4. The summed E-state index contributed by atoms with van der Waals surface area (Å²) in [5.74, 6) is 1.10. The summed E-state index contributed by atoms with van der Waals surface area (Å²) in [5.41, 5.74) is 4.81. The molecule has 3 aromatic rings. The number of aromatic amines is 1. The second-order valence-electron chi connectivity index (χ2n) is 10.8. The minimum atomic E-state index is -0.174. The lowest BCUT2D eigenvalue weighted by molar-refractivity contribution is -0.0591. The van der Waals surface area contributed by atoms with E-state index in [9.17, 15) is 4.79 Å². The van der Waals surface area contributed by atoms with Crippen LogP contribution in [0.1, 0.15) is 73.4 Å². The predicted molar refractivity (Wildman–Crippen MR) is 132 cm³/mol. The number of carbonyl (C=O) groups excluding carboxylic acids is 1. The van der Waals surface area contributed by atoms with Crippen molar-refractivity contribution in [1.82, 2.24) is 20.0 Å². The molecule has 3 heterocycles. The first-order valence-electron chi connectivity index (χ1n) is 12.4. The molecular weight excluding hydrogens is 426 g/mol. The van der Waals surface area contributed by atoms with Gasteiger partial charge in [-0.25, -0.2) is 0 Å². The van der Waals surface area contributed by atoms with E-state index in [1.54, 1.807) is 6.20 Å². The molecule has 1 amide bonds. The lowest BCUT2D eigenvalue weighted by atomic mass is 9.76. The largest absolute Gasteiger partial charge is 0.381 e. The number of hydrogen-bond donors (Lipinski definition) is 2. The highest BCUT2D eigenvalue weighted by Crippen LogP contribution is 2.35. The van der Waals surface area contributed by atoms with Crippen molar-refractivity contribution in [2.75, 3.05) is 18.5 Å². The molecule has 1 aromatic carbocycles. The van der Waals surface area contributed by atoms with Gasteiger partial charge in [-0.2, -0.15) is 10.2 Å². The monoisotopic (exact) mass is 461 g/mol. The van der Waals surface area contributed by atoms with E-state index in [-0.39, 0.29) is 17.4 Å². The van der Waals surface area contributed by atoms with E-state index < -0.39 is 0 Å². The Balaban J connectivity index is 1.30. The Hall–Kier alpha value is -2.93. The lowest BCUT2D eigenvalue weighted by Crippen LogP contribution is -2.33. The molecule has 2 unspecified atom stereocenters. The fourth-order valence-corrected chi connectivity index (χ4v) is 5.16. The second-order valence-corrected chi connectivity index (χ2v) is 10.8. The second kappa shape index (κ2) is 9.37. The Labute approximate surface area is 201 Å². The Morgan fingerprint density at radius 3 is 2.79 bits per heavy atom. The van der Waals surface area contributed by atoms with Gasteiger partial charge in [-0.05, 0) is 49.0 Å². The quantitative estimate of drug-likeness (QED) is 0.493. The first kappa shape index (κ1) is 22.8. The predicted octanol–water partition coefficient (Wildman–Crippen LogP) is 5.03. The van der Waals surface area contributed by atoms with Gasteiger partial charge in [0.25, 0.3) is 5.91 Å². The Bertz CT molecular complexity index is 1130. The van der Waals surface area contributed by atoms with Crippen LogP contribution in [0.4, 0.5) is 5.69 Å². The molecule has 0 saturated carbocycles. The molecule has 5 rings (SSSR count). The van der Waals surface area contributed by atoms with Gasteiger partial charge in [-0.15, -0.1) is 0 Å². The highest BCUT2D eigenvalue weighted by atomic mass is 16.5. The van der Waals surface area contributed by atoms with Crippen LogP contribution >= 0.6 is 0 Å². The zero-order valence-electron chi connectivity index (χ0n) is 20.4. The molecule has 0 radical (unpaired) electrons. The number of aromatic nitrogens is 4. The van der Waals surface area contributed by atoms with Gasteiger partial charge in [0.05, 0.1) is 31.1 Å². The van der Waals surface area contributed by atoms with Crippen molar-refractivity contribution < 1.29 is 9.53 Å². The molecule has 1 fully saturated rings. The Morgan fingerprint density at radius 2 is 2.06 bits per heavy atom. The van der Waals surface area contributed by atoms with Gasteiger partial charge in [-0.1, -0.05) is 51.1 Å². The molecular formula is C27H35N5O2. The highest BCUT2D eigenvalue weighted by Gasteiger charge is 2.31. The molecule has 7 heteroatoms.